The summed E-state index contributed by atoms with van der Waals surface area (Å²) in [4.78, 5) is 22.6. The molecule has 1 aliphatic rings. The number of hydrogen-bond donors (Lipinski definition) is 2. The number of rotatable bonds is 6. The lowest BCUT2D eigenvalue weighted by molar-refractivity contribution is -0.109. The van der Waals surface area contributed by atoms with Crippen molar-refractivity contribution >= 4 is 24.3 Å². The molecular formula is C22H33FN4O3S. The normalized spacial score (nSPS) is 11.8. The SMILES string of the molecule is C1CC1.CNC=O.Cc1nn(CCNC(=O)OC(C)(C)C)cc1Sc1ccc(F)cc1. The molecule has 31 heavy (non-hydrogen) atoms. The molecule has 2 amide bonds. The second-order valence-electron chi connectivity index (χ2n) is 7.79. The number of aromatic nitrogens is 2. The molecule has 1 aromatic carbocycles. The van der Waals surface area contributed by atoms with E-state index in [1.807, 2.05) is 33.9 Å². The third-order valence-electron chi connectivity index (χ3n) is 3.42. The van der Waals surface area contributed by atoms with Crippen LogP contribution in [0.3, 0.4) is 0 Å². The zero-order chi connectivity index (χ0) is 23.3. The van der Waals surface area contributed by atoms with Crippen LogP contribution in [0.5, 0.6) is 0 Å². The molecule has 2 aromatic rings. The highest BCUT2D eigenvalue weighted by Gasteiger charge is 2.15. The van der Waals surface area contributed by atoms with Gasteiger partial charge in [0.2, 0.25) is 6.41 Å². The van der Waals surface area contributed by atoms with Crippen LogP contribution in [-0.2, 0) is 16.1 Å². The summed E-state index contributed by atoms with van der Waals surface area (Å²) in [7, 11) is 1.56. The average molecular weight is 453 g/mol. The zero-order valence-corrected chi connectivity index (χ0v) is 19.7. The minimum Gasteiger partial charge on any atom is -0.444 e. The molecule has 0 atom stereocenters. The molecule has 0 aliphatic heterocycles. The van der Waals surface area contributed by atoms with Crippen molar-refractivity contribution in [3.63, 3.8) is 0 Å². The molecule has 0 saturated heterocycles. The number of benzene rings is 1. The minimum absolute atomic E-state index is 0.250. The van der Waals surface area contributed by atoms with Crippen molar-refractivity contribution in [1.82, 2.24) is 20.4 Å². The molecule has 3 rings (SSSR count). The standard InChI is InChI=1S/C17H22FN3O2S.C3H6.C2H5NO/c1-12-15(24-14-7-5-13(18)6-8-14)11-21(20-12)10-9-19-16(22)23-17(2,3)4;1-2-3-1;1-3-2-4/h5-8,11H,9-10H2,1-4H3,(H,19,22);1-3H2;2H,1H3,(H,3,4). The number of carbonyl (C=O) groups excluding carboxylic acids is 2. The maximum atomic E-state index is 12.9. The summed E-state index contributed by atoms with van der Waals surface area (Å²) < 4.78 is 19.9. The number of nitrogens with zero attached hydrogens (tertiary/aromatic N) is 2. The monoisotopic (exact) mass is 452 g/mol. The van der Waals surface area contributed by atoms with Gasteiger partial charge in [-0.3, -0.25) is 9.48 Å². The van der Waals surface area contributed by atoms with Crippen molar-refractivity contribution in [2.24, 2.45) is 0 Å². The highest BCUT2D eigenvalue weighted by atomic mass is 32.2. The Bertz CT molecular complexity index is 799. The van der Waals surface area contributed by atoms with Crippen LogP contribution in [0.25, 0.3) is 0 Å². The molecule has 1 heterocycles. The van der Waals surface area contributed by atoms with Crippen molar-refractivity contribution in [2.45, 2.75) is 68.9 Å². The first-order valence-electron chi connectivity index (χ1n) is 10.2. The van der Waals surface area contributed by atoms with Crippen LogP contribution in [-0.4, -0.2) is 41.5 Å². The lowest BCUT2D eigenvalue weighted by Gasteiger charge is -2.19. The van der Waals surface area contributed by atoms with Crippen molar-refractivity contribution in [3.05, 3.63) is 42.0 Å². The van der Waals surface area contributed by atoms with Crippen molar-refractivity contribution in [2.75, 3.05) is 13.6 Å². The number of aryl methyl sites for hydroxylation is 1. The van der Waals surface area contributed by atoms with Crippen LogP contribution in [0.2, 0.25) is 0 Å². The second-order valence-corrected chi connectivity index (χ2v) is 8.91. The highest BCUT2D eigenvalue weighted by Crippen LogP contribution is 2.29. The molecule has 0 spiro atoms. The summed E-state index contributed by atoms with van der Waals surface area (Å²) in [6.07, 6.45) is 6.60. The number of nitrogens with one attached hydrogen (secondary N) is 2. The largest absolute Gasteiger partial charge is 0.444 e. The Morgan fingerprint density at radius 2 is 1.84 bits per heavy atom. The Morgan fingerprint density at radius 1 is 1.26 bits per heavy atom. The van der Waals surface area contributed by atoms with Gasteiger partial charge >= 0.3 is 6.09 Å². The Morgan fingerprint density at radius 3 is 2.32 bits per heavy atom. The number of ether oxygens (including phenoxy) is 1. The molecule has 0 bridgehead atoms. The van der Waals surface area contributed by atoms with E-state index in [1.165, 1.54) is 43.2 Å². The summed E-state index contributed by atoms with van der Waals surface area (Å²) in [5.74, 6) is -0.250. The number of alkyl carbamates (subject to hydrolysis) is 1. The molecular weight excluding hydrogens is 419 g/mol. The number of hydrogen-bond acceptors (Lipinski definition) is 5. The van der Waals surface area contributed by atoms with Gasteiger partial charge in [-0.2, -0.15) is 5.10 Å². The summed E-state index contributed by atoms with van der Waals surface area (Å²) in [6, 6.07) is 6.35. The van der Waals surface area contributed by atoms with E-state index in [0.29, 0.717) is 19.5 Å². The van der Waals surface area contributed by atoms with E-state index in [9.17, 15) is 9.18 Å². The quantitative estimate of drug-likeness (QED) is 0.629. The second kappa shape index (κ2) is 13.7. The fourth-order valence-electron chi connectivity index (χ4n) is 1.93. The molecule has 9 heteroatoms. The molecule has 2 N–H and O–H groups in total. The molecule has 1 aliphatic carbocycles. The van der Waals surface area contributed by atoms with E-state index < -0.39 is 11.7 Å². The van der Waals surface area contributed by atoms with Crippen LogP contribution < -0.4 is 10.6 Å². The van der Waals surface area contributed by atoms with E-state index in [1.54, 1.807) is 23.9 Å². The third-order valence-corrected chi connectivity index (χ3v) is 4.55. The van der Waals surface area contributed by atoms with Crippen molar-refractivity contribution in [3.8, 4) is 0 Å². The fraction of sp³-hybridized carbons (Fsp3) is 0.500. The van der Waals surface area contributed by atoms with E-state index in [2.05, 4.69) is 15.7 Å². The van der Waals surface area contributed by atoms with Crippen LogP contribution >= 0.6 is 11.8 Å². The van der Waals surface area contributed by atoms with Crippen LogP contribution in [0.4, 0.5) is 9.18 Å². The smallest absolute Gasteiger partial charge is 0.407 e. The predicted molar refractivity (Wildman–Crippen MR) is 121 cm³/mol. The first kappa shape index (κ1) is 26.5. The predicted octanol–water partition coefficient (Wildman–Crippen LogP) is 4.54. The van der Waals surface area contributed by atoms with Crippen LogP contribution in [0, 0.1) is 12.7 Å². The molecule has 7 nitrogen and oxygen atoms in total. The first-order valence-corrected chi connectivity index (χ1v) is 11.0. The van der Waals surface area contributed by atoms with Crippen LogP contribution in [0.1, 0.15) is 45.7 Å². The maximum Gasteiger partial charge on any atom is 0.407 e. The maximum absolute atomic E-state index is 12.9. The molecule has 1 fully saturated rings. The van der Waals surface area contributed by atoms with Gasteiger partial charge in [-0.15, -0.1) is 0 Å². The van der Waals surface area contributed by atoms with Gasteiger partial charge in [0.05, 0.1) is 17.1 Å². The van der Waals surface area contributed by atoms with E-state index >= 15 is 0 Å². The van der Waals surface area contributed by atoms with Gasteiger partial charge in [0.15, 0.2) is 0 Å². The van der Waals surface area contributed by atoms with Crippen molar-refractivity contribution < 1.29 is 18.7 Å². The Hall–Kier alpha value is -2.55. The van der Waals surface area contributed by atoms with E-state index in [-0.39, 0.29) is 5.82 Å². The summed E-state index contributed by atoms with van der Waals surface area (Å²) in [5.41, 5.74) is 0.382. The zero-order valence-electron chi connectivity index (χ0n) is 18.9. The highest BCUT2D eigenvalue weighted by molar-refractivity contribution is 7.99. The lowest BCUT2D eigenvalue weighted by Crippen LogP contribution is -2.34. The average Bonchev–Trinajstić information content (AvgIpc) is 3.53. The lowest BCUT2D eigenvalue weighted by atomic mass is 10.2. The summed E-state index contributed by atoms with van der Waals surface area (Å²) in [6.45, 7) is 8.36. The van der Waals surface area contributed by atoms with Gasteiger partial charge in [0, 0.05) is 24.7 Å². The van der Waals surface area contributed by atoms with Gasteiger partial charge in [0.25, 0.3) is 0 Å². The number of carbonyl (C=O) groups is 2. The third kappa shape index (κ3) is 13.4. The van der Waals surface area contributed by atoms with E-state index in [0.717, 1.165) is 15.5 Å². The fourth-order valence-corrected chi connectivity index (χ4v) is 2.82. The van der Waals surface area contributed by atoms with Gasteiger partial charge < -0.3 is 15.4 Å². The number of halogens is 1. The van der Waals surface area contributed by atoms with E-state index in [4.69, 9.17) is 9.53 Å². The number of amides is 2. The molecule has 0 radical (unpaired) electrons. The van der Waals surface area contributed by atoms with Gasteiger partial charge in [0.1, 0.15) is 11.4 Å². The molecule has 1 aromatic heterocycles. The molecule has 172 valence electrons. The van der Waals surface area contributed by atoms with Gasteiger partial charge in [-0.1, -0.05) is 31.0 Å². The van der Waals surface area contributed by atoms with Crippen LogP contribution in [0.15, 0.2) is 40.3 Å². The first-order chi connectivity index (χ1) is 14.6. The molecule has 0 unspecified atom stereocenters. The summed E-state index contributed by atoms with van der Waals surface area (Å²) in [5, 5.41) is 9.38. The van der Waals surface area contributed by atoms with Gasteiger partial charge in [-0.05, 0) is 52.0 Å². The summed E-state index contributed by atoms with van der Waals surface area (Å²) >= 11 is 1.53. The molecule has 1 saturated carbocycles. The Kier molecular flexibility index (Phi) is 11.7. The minimum atomic E-state index is -0.509. The van der Waals surface area contributed by atoms with Crippen molar-refractivity contribution in [1.29, 1.82) is 0 Å². The topological polar surface area (TPSA) is 85.3 Å². The Labute approximate surface area is 188 Å². The Balaban J connectivity index is 0.000000587. The van der Waals surface area contributed by atoms with Gasteiger partial charge in [-0.25, -0.2) is 9.18 Å².